The summed E-state index contributed by atoms with van der Waals surface area (Å²) in [5.41, 5.74) is 0.739. The molecule has 1 aromatic carbocycles. The van der Waals surface area contributed by atoms with Crippen LogP contribution >= 0.6 is 0 Å². The van der Waals surface area contributed by atoms with Crippen molar-refractivity contribution in [2.45, 2.75) is 52.1 Å². The molecule has 24 heavy (non-hydrogen) atoms. The van der Waals surface area contributed by atoms with Crippen LogP contribution in [0.3, 0.4) is 0 Å². The first-order valence-electron chi connectivity index (χ1n) is 9.01. The van der Waals surface area contributed by atoms with Crippen molar-refractivity contribution in [3.63, 3.8) is 0 Å². The SMILES string of the molecule is C[C@@H]1[C@H](C)CCC[C@H]1N[C@@H](C)C(=O)Nc1ccc2c(c1)OCCO2. The molecule has 3 rings (SSSR count). The van der Waals surface area contributed by atoms with E-state index in [1.54, 1.807) is 0 Å². The predicted molar refractivity (Wildman–Crippen MR) is 94.6 cm³/mol. The zero-order chi connectivity index (χ0) is 17.1. The Morgan fingerprint density at radius 2 is 1.92 bits per heavy atom. The van der Waals surface area contributed by atoms with Crippen molar-refractivity contribution >= 4 is 11.6 Å². The normalized spacial score (nSPS) is 27.4. The Morgan fingerprint density at radius 1 is 1.17 bits per heavy atom. The first-order chi connectivity index (χ1) is 11.5. The van der Waals surface area contributed by atoms with Crippen LogP contribution in [-0.4, -0.2) is 31.2 Å². The third kappa shape index (κ3) is 3.83. The molecule has 1 heterocycles. The molecule has 0 aromatic heterocycles. The van der Waals surface area contributed by atoms with Crippen molar-refractivity contribution in [2.75, 3.05) is 18.5 Å². The molecular formula is C19H28N2O3. The van der Waals surface area contributed by atoms with Crippen LogP contribution in [0.2, 0.25) is 0 Å². The monoisotopic (exact) mass is 332 g/mol. The van der Waals surface area contributed by atoms with Crippen LogP contribution in [0.1, 0.15) is 40.0 Å². The van der Waals surface area contributed by atoms with E-state index >= 15 is 0 Å². The second kappa shape index (κ2) is 7.43. The smallest absolute Gasteiger partial charge is 0.241 e. The first kappa shape index (κ1) is 17.1. The predicted octanol–water partition coefficient (Wildman–Crippen LogP) is 3.20. The Hall–Kier alpha value is -1.75. The Kier molecular flexibility index (Phi) is 5.29. The van der Waals surface area contributed by atoms with E-state index in [0.717, 1.165) is 17.9 Å². The quantitative estimate of drug-likeness (QED) is 0.889. The number of hydrogen-bond acceptors (Lipinski definition) is 4. The maximum absolute atomic E-state index is 12.5. The molecular weight excluding hydrogens is 304 g/mol. The number of carbonyl (C=O) groups is 1. The molecule has 1 aliphatic heterocycles. The zero-order valence-electron chi connectivity index (χ0n) is 14.8. The number of hydrogen-bond donors (Lipinski definition) is 2. The number of ether oxygens (including phenoxy) is 2. The lowest BCUT2D eigenvalue weighted by Gasteiger charge is -2.36. The standard InChI is InChI=1S/C19H28N2O3/c1-12-5-4-6-16(13(12)2)20-14(3)19(22)21-15-7-8-17-18(11-15)24-10-9-23-17/h7-8,11-14,16,20H,4-6,9-10H2,1-3H3,(H,21,22)/t12-,13-,14+,16-/m1/s1. The summed E-state index contributed by atoms with van der Waals surface area (Å²) in [5, 5.41) is 6.48. The molecule has 2 N–H and O–H groups in total. The summed E-state index contributed by atoms with van der Waals surface area (Å²) in [6.07, 6.45) is 3.67. The first-order valence-corrected chi connectivity index (χ1v) is 9.01. The fourth-order valence-corrected chi connectivity index (χ4v) is 3.59. The third-order valence-electron chi connectivity index (χ3n) is 5.37. The van der Waals surface area contributed by atoms with Gasteiger partial charge in [-0.3, -0.25) is 4.79 Å². The van der Waals surface area contributed by atoms with Crippen molar-refractivity contribution in [1.82, 2.24) is 5.32 Å². The van der Waals surface area contributed by atoms with E-state index in [2.05, 4.69) is 24.5 Å². The molecule has 5 heteroatoms. The molecule has 1 amide bonds. The maximum Gasteiger partial charge on any atom is 0.241 e. The molecule has 132 valence electrons. The van der Waals surface area contributed by atoms with Crippen molar-refractivity contribution in [3.05, 3.63) is 18.2 Å². The van der Waals surface area contributed by atoms with Crippen LogP contribution in [0.5, 0.6) is 11.5 Å². The van der Waals surface area contributed by atoms with Gasteiger partial charge in [0.15, 0.2) is 11.5 Å². The van der Waals surface area contributed by atoms with Crippen LogP contribution < -0.4 is 20.1 Å². The number of benzene rings is 1. The van der Waals surface area contributed by atoms with Crippen LogP contribution in [0, 0.1) is 11.8 Å². The minimum absolute atomic E-state index is 0.0166. The number of nitrogens with one attached hydrogen (secondary N) is 2. The van der Waals surface area contributed by atoms with Gasteiger partial charge in [-0.15, -0.1) is 0 Å². The highest BCUT2D eigenvalue weighted by Gasteiger charge is 2.29. The van der Waals surface area contributed by atoms with E-state index in [0.29, 0.717) is 36.8 Å². The van der Waals surface area contributed by atoms with Crippen molar-refractivity contribution < 1.29 is 14.3 Å². The Balaban J connectivity index is 1.58. The van der Waals surface area contributed by atoms with Gasteiger partial charge in [0, 0.05) is 17.8 Å². The van der Waals surface area contributed by atoms with Crippen molar-refractivity contribution in [1.29, 1.82) is 0 Å². The number of carbonyl (C=O) groups excluding carboxylic acids is 1. The summed E-state index contributed by atoms with van der Waals surface area (Å²) in [5.74, 6) is 2.72. The van der Waals surface area contributed by atoms with E-state index < -0.39 is 0 Å². The lowest BCUT2D eigenvalue weighted by molar-refractivity contribution is -0.118. The van der Waals surface area contributed by atoms with E-state index in [4.69, 9.17) is 9.47 Å². The molecule has 2 aliphatic rings. The van der Waals surface area contributed by atoms with Gasteiger partial charge in [0.1, 0.15) is 13.2 Å². The highest BCUT2D eigenvalue weighted by molar-refractivity contribution is 5.94. The minimum Gasteiger partial charge on any atom is -0.486 e. The molecule has 5 nitrogen and oxygen atoms in total. The summed E-state index contributed by atoms with van der Waals surface area (Å²) >= 11 is 0. The van der Waals surface area contributed by atoms with Crippen molar-refractivity contribution in [2.24, 2.45) is 11.8 Å². The van der Waals surface area contributed by atoms with Crippen LogP contribution in [-0.2, 0) is 4.79 Å². The number of anilines is 1. The number of rotatable bonds is 4. The number of fused-ring (bicyclic) bond motifs is 1. The molecule has 0 unspecified atom stereocenters. The number of amides is 1. The summed E-state index contributed by atoms with van der Waals surface area (Å²) in [7, 11) is 0. The third-order valence-corrected chi connectivity index (χ3v) is 5.37. The highest BCUT2D eigenvalue weighted by atomic mass is 16.6. The Morgan fingerprint density at radius 3 is 2.71 bits per heavy atom. The topological polar surface area (TPSA) is 59.6 Å². The molecule has 1 saturated carbocycles. The van der Waals surface area contributed by atoms with Gasteiger partial charge in [0.2, 0.25) is 5.91 Å². The van der Waals surface area contributed by atoms with Gasteiger partial charge in [-0.25, -0.2) is 0 Å². The molecule has 1 aliphatic carbocycles. The highest BCUT2D eigenvalue weighted by Crippen LogP contribution is 2.33. The average molecular weight is 332 g/mol. The van der Waals surface area contributed by atoms with E-state index in [-0.39, 0.29) is 11.9 Å². The summed E-state index contributed by atoms with van der Waals surface area (Å²) in [6.45, 7) is 7.63. The van der Waals surface area contributed by atoms with Crippen molar-refractivity contribution in [3.8, 4) is 11.5 Å². The largest absolute Gasteiger partial charge is 0.486 e. The molecule has 1 aromatic rings. The second-order valence-corrected chi connectivity index (χ2v) is 7.11. The summed E-state index contributed by atoms with van der Waals surface area (Å²) in [6, 6.07) is 5.70. The van der Waals surface area contributed by atoms with Gasteiger partial charge in [0.25, 0.3) is 0 Å². The molecule has 1 fully saturated rings. The zero-order valence-corrected chi connectivity index (χ0v) is 14.8. The van der Waals surface area contributed by atoms with Crippen LogP contribution in [0.15, 0.2) is 18.2 Å². The van der Waals surface area contributed by atoms with E-state index in [1.807, 2.05) is 25.1 Å². The van der Waals surface area contributed by atoms with E-state index in [1.165, 1.54) is 12.8 Å². The molecule has 4 atom stereocenters. The van der Waals surface area contributed by atoms with Crippen LogP contribution in [0.4, 0.5) is 5.69 Å². The van der Waals surface area contributed by atoms with Gasteiger partial charge in [-0.1, -0.05) is 26.7 Å². The average Bonchev–Trinajstić information content (AvgIpc) is 2.58. The van der Waals surface area contributed by atoms with Gasteiger partial charge < -0.3 is 20.1 Å². The second-order valence-electron chi connectivity index (χ2n) is 7.11. The fraction of sp³-hybridized carbons (Fsp3) is 0.632. The van der Waals surface area contributed by atoms with Gasteiger partial charge in [0.05, 0.1) is 6.04 Å². The fourth-order valence-electron chi connectivity index (χ4n) is 3.59. The molecule has 0 bridgehead atoms. The molecule has 0 saturated heterocycles. The summed E-state index contributed by atoms with van der Waals surface area (Å²) in [4.78, 5) is 12.5. The van der Waals surface area contributed by atoms with Crippen LogP contribution in [0.25, 0.3) is 0 Å². The minimum atomic E-state index is -0.226. The maximum atomic E-state index is 12.5. The van der Waals surface area contributed by atoms with Gasteiger partial charge in [-0.2, -0.15) is 0 Å². The lowest BCUT2D eigenvalue weighted by atomic mass is 9.78. The molecule has 0 spiro atoms. The van der Waals surface area contributed by atoms with Gasteiger partial charge >= 0.3 is 0 Å². The van der Waals surface area contributed by atoms with E-state index in [9.17, 15) is 4.79 Å². The lowest BCUT2D eigenvalue weighted by Crippen LogP contribution is -2.49. The Labute approximate surface area is 144 Å². The van der Waals surface area contributed by atoms with Gasteiger partial charge in [-0.05, 0) is 37.3 Å². The Bertz CT molecular complexity index is 590. The molecule has 0 radical (unpaired) electrons. The summed E-state index contributed by atoms with van der Waals surface area (Å²) < 4.78 is 11.1.